The van der Waals surface area contributed by atoms with Crippen LogP contribution in [0.25, 0.3) is 16.4 Å². The summed E-state index contributed by atoms with van der Waals surface area (Å²) in [5.74, 6) is 0.238. The molecule has 5 heteroatoms. The standard InChI is InChI=1S/C18H16N2O3/c1-3-22-18(21)17-14-6-4-12(2)10-16(14)20-11-13(23-9-8-19)5-7-15(17)20/h4-7,10-11H,3,9H2,1-2H3. The van der Waals surface area contributed by atoms with Crippen molar-refractivity contribution < 1.29 is 14.3 Å². The Bertz CT molecular complexity index is 935. The van der Waals surface area contributed by atoms with Crippen LogP contribution in [0.15, 0.2) is 36.5 Å². The van der Waals surface area contributed by atoms with Crippen LogP contribution >= 0.6 is 0 Å². The van der Waals surface area contributed by atoms with Gasteiger partial charge in [0.2, 0.25) is 0 Å². The van der Waals surface area contributed by atoms with Gasteiger partial charge < -0.3 is 13.9 Å². The van der Waals surface area contributed by atoms with E-state index in [0.29, 0.717) is 17.9 Å². The number of nitriles is 1. The quantitative estimate of drug-likeness (QED) is 0.692. The fourth-order valence-electron chi connectivity index (χ4n) is 2.69. The van der Waals surface area contributed by atoms with Gasteiger partial charge in [-0.3, -0.25) is 0 Å². The molecule has 0 spiro atoms. The molecule has 0 atom stereocenters. The third-order valence-electron chi connectivity index (χ3n) is 3.64. The van der Waals surface area contributed by atoms with E-state index in [1.807, 2.05) is 41.7 Å². The summed E-state index contributed by atoms with van der Waals surface area (Å²) >= 11 is 0. The van der Waals surface area contributed by atoms with Crippen molar-refractivity contribution in [3.05, 3.63) is 47.7 Å². The molecule has 3 rings (SSSR count). The fraction of sp³-hybridized carbons (Fsp3) is 0.222. The van der Waals surface area contributed by atoms with Crippen molar-refractivity contribution in [1.29, 1.82) is 5.26 Å². The van der Waals surface area contributed by atoms with Crippen molar-refractivity contribution in [1.82, 2.24) is 4.40 Å². The molecule has 0 aliphatic carbocycles. The Morgan fingerprint density at radius 3 is 2.83 bits per heavy atom. The van der Waals surface area contributed by atoms with Crippen LogP contribution in [0.1, 0.15) is 22.8 Å². The summed E-state index contributed by atoms with van der Waals surface area (Å²) < 4.78 is 12.5. The predicted octanol–water partition coefficient (Wildman–Crippen LogP) is 3.48. The maximum absolute atomic E-state index is 12.4. The highest BCUT2D eigenvalue weighted by atomic mass is 16.5. The average Bonchev–Trinajstić information content (AvgIpc) is 2.86. The largest absolute Gasteiger partial charge is 0.477 e. The van der Waals surface area contributed by atoms with Crippen molar-refractivity contribution in [2.75, 3.05) is 13.2 Å². The number of pyridine rings is 1. The maximum Gasteiger partial charge on any atom is 0.340 e. The molecule has 23 heavy (non-hydrogen) atoms. The van der Waals surface area contributed by atoms with Crippen LogP contribution < -0.4 is 4.74 Å². The van der Waals surface area contributed by atoms with Gasteiger partial charge in [0.15, 0.2) is 6.61 Å². The summed E-state index contributed by atoms with van der Waals surface area (Å²) in [4.78, 5) is 12.4. The number of aromatic nitrogens is 1. The van der Waals surface area contributed by atoms with Crippen molar-refractivity contribution in [2.24, 2.45) is 0 Å². The molecule has 0 aliphatic rings. The predicted molar refractivity (Wildman–Crippen MR) is 86.7 cm³/mol. The second kappa shape index (κ2) is 6.01. The second-order valence-electron chi connectivity index (χ2n) is 5.18. The molecular weight excluding hydrogens is 292 g/mol. The number of esters is 1. The zero-order valence-electron chi connectivity index (χ0n) is 13.0. The number of hydrogen-bond acceptors (Lipinski definition) is 4. The van der Waals surface area contributed by atoms with Gasteiger partial charge in [-0.25, -0.2) is 4.79 Å². The Kier molecular flexibility index (Phi) is 3.90. The number of fused-ring (bicyclic) bond motifs is 3. The van der Waals surface area contributed by atoms with E-state index < -0.39 is 0 Å². The van der Waals surface area contributed by atoms with E-state index >= 15 is 0 Å². The topological polar surface area (TPSA) is 63.7 Å². The first kappa shape index (κ1) is 14.9. The molecule has 116 valence electrons. The summed E-state index contributed by atoms with van der Waals surface area (Å²) in [6.07, 6.45) is 1.79. The monoisotopic (exact) mass is 308 g/mol. The highest BCUT2D eigenvalue weighted by Gasteiger charge is 2.19. The summed E-state index contributed by atoms with van der Waals surface area (Å²) in [6, 6.07) is 11.4. The number of rotatable bonds is 4. The number of nitrogens with zero attached hydrogens (tertiary/aromatic N) is 2. The van der Waals surface area contributed by atoms with E-state index in [-0.39, 0.29) is 12.6 Å². The minimum absolute atomic E-state index is 0.0194. The molecule has 0 unspecified atom stereocenters. The molecule has 3 aromatic rings. The number of carbonyl (C=O) groups is 1. The Labute approximate surface area is 133 Å². The first-order valence-electron chi connectivity index (χ1n) is 7.37. The van der Waals surface area contributed by atoms with Crippen LogP contribution in [0.3, 0.4) is 0 Å². The molecule has 0 N–H and O–H groups in total. The average molecular weight is 308 g/mol. The van der Waals surface area contributed by atoms with Gasteiger partial charge in [-0.15, -0.1) is 0 Å². The maximum atomic E-state index is 12.4. The van der Waals surface area contributed by atoms with Crippen LogP contribution in [0.2, 0.25) is 0 Å². The minimum atomic E-state index is -0.338. The van der Waals surface area contributed by atoms with Gasteiger partial charge in [-0.2, -0.15) is 5.26 Å². The van der Waals surface area contributed by atoms with Gasteiger partial charge in [0.1, 0.15) is 11.8 Å². The lowest BCUT2D eigenvalue weighted by molar-refractivity contribution is 0.0531. The van der Waals surface area contributed by atoms with E-state index in [2.05, 4.69) is 0 Å². The lowest BCUT2D eigenvalue weighted by Crippen LogP contribution is -2.04. The Balaban J connectivity index is 2.28. The molecule has 0 amide bonds. The fourth-order valence-corrected chi connectivity index (χ4v) is 2.69. The molecule has 0 radical (unpaired) electrons. The lowest BCUT2D eigenvalue weighted by Gasteiger charge is -2.04. The molecule has 5 nitrogen and oxygen atoms in total. The van der Waals surface area contributed by atoms with E-state index in [9.17, 15) is 4.79 Å². The molecule has 0 fully saturated rings. The smallest absolute Gasteiger partial charge is 0.340 e. The van der Waals surface area contributed by atoms with Gasteiger partial charge in [0, 0.05) is 5.39 Å². The number of ether oxygens (including phenoxy) is 2. The van der Waals surface area contributed by atoms with Gasteiger partial charge in [0.05, 0.1) is 29.4 Å². The molecule has 1 aromatic carbocycles. The van der Waals surface area contributed by atoms with Gasteiger partial charge in [-0.05, 0) is 37.6 Å². The van der Waals surface area contributed by atoms with E-state index in [4.69, 9.17) is 14.7 Å². The lowest BCUT2D eigenvalue weighted by atomic mass is 10.1. The van der Waals surface area contributed by atoms with Crippen LogP contribution in [0.4, 0.5) is 0 Å². The summed E-state index contributed by atoms with van der Waals surface area (Å²) in [7, 11) is 0. The van der Waals surface area contributed by atoms with Gasteiger partial charge in [0.25, 0.3) is 0 Å². The van der Waals surface area contributed by atoms with Crippen molar-refractivity contribution in [3.8, 4) is 11.8 Å². The highest BCUT2D eigenvalue weighted by Crippen LogP contribution is 2.30. The summed E-state index contributed by atoms with van der Waals surface area (Å²) in [5.41, 5.74) is 3.31. The molecule has 0 saturated carbocycles. The molecular formula is C18H16N2O3. The van der Waals surface area contributed by atoms with Crippen molar-refractivity contribution in [2.45, 2.75) is 13.8 Å². The molecule has 0 aliphatic heterocycles. The number of carbonyl (C=O) groups excluding carboxylic acids is 1. The number of aryl methyl sites for hydroxylation is 1. The van der Waals surface area contributed by atoms with Gasteiger partial charge in [-0.1, -0.05) is 12.1 Å². The Morgan fingerprint density at radius 2 is 2.09 bits per heavy atom. The van der Waals surface area contributed by atoms with Gasteiger partial charge >= 0.3 is 5.97 Å². The molecule has 2 heterocycles. The SMILES string of the molecule is CCOC(=O)c1c2ccc(C)cc2n2cc(OCC#N)ccc12. The first-order chi connectivity index (χ1) is 11.2. The van der Waals surface area contributed by atoms with Crippen LogP contribution in [-0.4, -0.2) is 23.6 Å². The van der Waals surface area contributed by atoms with E-state index in [1.54, 1.807) is 19.2 Å². The minimum Gasteiger partial charge on any atom is -0.477 e. The Morgan fingerprint density at radius 1 is 1.26 bits per heavy atom. The summed E-state index contributed by atoms with van der Waals surface area (Å²) in [6.45, 7) is 4.09. The molecule has 2 aromatic heterocycles. The van der Waals surface area contributed by atoms with Crippen molar-refractivity contribution >= 4 is 22.4 Å². The van der Waals surface area contributed by atoms with E-state index in [1.165, 1.54) is 0 Å². The number of benzene rings is 1. The Hall–Kier alpha value is -3.00. The van der Waals surface area contributed by atoms with Crippen LogP contribution in [0.5, 0.6) is 5.75 Å². The van der Waals surface area contributed by atoms with Crippen molar-refractivity contribution in [3.63, 3.8) is 0 Å². The highest BCUT2D eigenvalue weighted by molar-refractivity contribution is 6.11. The third kappa shape index (κ3) is 2.59. The third-order valence-corrected chi connectivity index (χ3v) is 3.64. The second-order valence-corrected chi connectivity index (χ2v) is 5.18. The van der Waals surface area contributed by atoms with Crippen LogP contribution in [-0.2, 0) is 4.74 Å². The zero-order chi connectivity index (χ0) is 16.4. The normalized spacial score (nSPS) is 10.7. The zero-order valence-corrected chi connectivity index (χ0v) is 13.0. The molecule has 0 bridgehead atoms. The molecule has 0 saturated heterocycles. The number of hydrogen-bond donors (Lipinski definition) is 0. The first-order valence-corrected chi connectivity index (χ1v) is 7.37. The summed E-state index contributed by atoms with van der Waals surface area (Å²) in [5, 5.41) is 9.48. The van der Waals surface area contributed by atoms with Crippen LogP contribution in [0, 0.1) is 18.3 Å². The van der Waals surface area contributed by atoms with E-state index in [0.717, 1.165) is 22.0 Å².